The summed E-state index contributed by atoms with van der Waals surface area (Å²) in [6, 6.07) is 2.23. The first-order valence-electron chi connectivity index (χ1n) is 7.71. The summed E-state index contributed by atoms with van der Waals surface area (Å²) in [5.41, 5.74) is -0.546. The van der Waals surface area contributed by atoms with Crippen molar-refractivity contribution < 1.29 is 13.2 Å². The summed E-state index contributed by atoms with van der Waals surface area (Å²) >= 11 is 0. The van der Waals surface area contributed by atoms with Crippen molar-refractivity contribution >= 4 is 0 Å². The first kappa shape index (κ1) is 18.2. The van der Waals surface area contributed by atoms with Crippen molar-refractivity contribution in [2.24, 2.45) is 5.92 Å². The average Bonchev–Trinajstić information content (AvgIpc) is 2.77. The number of halogens is 3. The minimum atomic E-state index is -4.17. The molecule has 0 bridgehead atoms. The highest BCUT2D eigenvalue weighted by Crippen LogP contribution is 2.37. The predicted molar refractivity (Wildman–Crippen MR) is 76.7 cm³/mol. The zero-order chi connectivity index (χ0) is 16.1. The Labute approximate surface area is 125 Å². The van der Waals surface area contributed by atoms with Crippen molar-refractivity contribution in [3.63, 3.8) is 0 Å². The molecule has 21 heavy (non-hydrogen) atoms. The number of hydrogen-bond acceptors (Lipinski definition) is 3. The Balaban J connectivity index is 2.65. The SMILES string of the molecule is CCNC1(C#N)CCCC1CCN(CC(F)(F)F)C(C)C. The molecule has 1 rings (SSSR count). The van der Waals surface area contributed by atoms with Gasteiger partial charge in [0, 0.05) is 6.04 Å². The van der Waals surface area contributed by atoms with Gasteiger partial charge in [-0.25, -0.2) is 0 Å². The van der Waals surface area contributed by atoms with Gasteiger partial charge in [-0.2, -0.15) is 18.4 Å². The van der Waals surface area contributed by atoms with Gasteiger partial charge in [-0.3, -0.25) is 10.2 Å². The maximum absolute atomic E-state index is 12.6. The number of nitrogens with zero attached hydrogens (tertiary/aromatic N) is 2. The summed E-state index contributed by atoms with van der Waals surface area (Å²) in [6.45, 7) is 5.73. The van der Waals surface area contributed by atoms with E-state index in [0.717, 1.165) is 19.3 Å². The third kappa shape index (κ3) is 5.15. The molecule has 1 saturated carbocycles. The summed E-state index contributed by atoms with van der Waals surface area (Å²) in [6.07, 6.45) is -0.865. The van der Waals surface area contributed by atoms with Crippen LogP contribution in [0.3, 0.4) is 0 Å². The molecule has 0 aromatic carbocycles. The van der Waals surface area contributed by atoms with Crippen LogP contribution in [0.1, 0.15) is 46.5 Å². The lowest BCUT2D eigenvalue weighted by molar-refractivity contribution is -0.150. The number of nitrogens with one attached hydrogen (secondary N) is 1. The Morgan fingerprint density at radius 3 is 2.57 bits per heavy atom. The van der Waals surface area contributed by atoms with E-state index in [9.17, 15) is 18.4 Å². The Hall–Kier alpha value is -0.800. The van der Waals surface area contributed by atoms with Crippen molar-refractivity contribution in [1.29, 1.82) is 5.26 Å². The Morgan fingerprint density at radius 2 is 2.10 bits per heavy atom. The van der Waals surface area contributed by atoms with Crippen LogP contribution in [-0.4, -0.2) is 42.3 Å². The van der Waals surface area contributed by atoms with Crippen molar-refractivity contribution in [3.8, 4) is 6.07 Å². The molecular weight excluding hydrogens is 279 g/mol. The second-order valence-electron chi connectivity index (χ2n) is 6.17. The molecule has 1 fully saturated rings. The molecule has 3 nitrogen and oxygen atoms in total. The van der Waals surface area contributed by atoms with Crippen LogP contribution in [0.4, 0.5) is 13.2 Å². The lowest BCUT2D eigenvalue weighted by atomic mass is 9.85. The van der Waals surface area contributed by atoms with Crippen molar-refractivity contribution in [3.05, 3.63) is 0 Å². The largest absolute Gasteiger partial charge is 0.401 e. The zero-order valence-electron chi connectivity index (χ0n) is 13.1. The normalized spacial score (nSPS) is 26.5. The summed E-state index contributed by atoms with van der Waals surface area (Å²) in [5, 5.41) is 12.7. The van der Waals surface area contributed by atoms with Gasteiger partial charge in [0.05, 0.1) is 12.6 Å². The number of nitriles is 1. The van der Waals surface area contributed by atoms with Crippen LogP contribution in [0.25, 0.3) is 0 Å². The first-order chi connectivity index (χ1) is 9.74. The van der Waals surface area contributed by atoms with Crippen LogP contribution in [-0.2, 0) is 0 Å². The zero-order valence-corrected chi connectivity index (χ0v) is 13.1. The second kappa shape index (κ2) is 7.46. The van der Waals surface area contributed by atoms with Gasteiger partial charge in [-0.15, -0.1) is 0 Å². The average molecular weight is 305 g/mol. The van der Waals surface area contributed by atoms with Crippen LogP contribution in [0, 0.1) is 17.2 Å². The van der Waals surface area contributed by atoms with E-state index in [1.54, 1.807) is 13.8 Å². The molecule has 0 aromatic heterocycles. The molecule has 0 heterocycles. The Bertz CT molecular complexity index is 362. The topological polar surface area (TPSA) is 39.1 Å². The van der Waals surface area contributed by atoms with E-state index in [-0.39, 0.29) is 12.0 Å². The van der Waals surface area contributed by atoms with Gasteiger partial charge in [-0.05, 0) is 52.1 Å². The van der Waals surface area contributed by atoms with Gasteiger partial charge in [-0.1, -0.05) is 13.3 Å². The Kier molecular flexibility index (Phi) is 6.48. The van der Waals surface area contributed by atoms with Gasteiger partial charge in [0.15, 0.2) is 0 Å². The number of hydrogen-bond donors (Lipinski definition) is 1. The van der Waals surface area contributed by atoms with E-state index in [0.29, 0.717) is 19.5 Å². The van der Waals surface area contributed by atoms with Gasteiger partial charge >= 0.3 is 6.18 Å². The summed E-state index contributed by atoms with van der Waals surface area (Å²) in [7, 11) is 0. The van der Waals surface area contributed by atoms with Gasteiger partial charge in [0.25, 0.3) is 0 Å². The molecule has 6 heteroatoms. The highest BCUT2D eigenvalue weighted by molar-refractivity contribution is 5.14. The van der Waals surface area contributed by atoms with Crippen LogP contribution in [0.15, 0.2) is 0 Å². The first-order valence-corrected chi connectivity index (χ1v) is 7.71. The quantitative estimate of drug-likeness (QED) is 0.784. The molecule has 1 aliphatic carbocycles. The van der Waals surface area contributed by atoms with Crippen LogP contribution in [0.2, 0.25) is 0 Å². The van der Waals surface area contributed by atoms with E-state index in [4.69, 9.17) is 0 Å². The van der Waals surface area contributed by atoms with Crippen LogP contribution < -0.4 is 5.32 Å². The molecule has 0 amide bonds. The minimum Gasteiger partial charge on any atom is -0.299 e. The summed E-state index contributed by atoms with van der Waals surface area (Å²) in [5.74, 6) is 0.136. The molecule has 1 aliphatic rings. The highest BCUT2D eigenvalue weighted by Gasteiger charge is 2.42. The van der Waals surface area contributed by atoms with Crippen molar-refractivity contribution in [1.82, 2.24) is 10.2 Å². The standard InChI is InChI=1S/C15H26F3N3/c1-4-20-14(10-19)8-5-6-13(14)7-9-21(12(2)3)11-15(16,17)18/h12-13,20H,4-9,11H2,1-3H3. The summed E-state index contributed by atoms with van der Waals surface area (Å²) in [4.78, 5) is 1.45. The minimum absolute atomic E-state index is 0.136. The molecule has 2 unspecified atom stereocenters. The smallest absolute Gasteiger partial charge is 0.299 e. The molecule has 1 N–H and O–H groups in total. The molecule has 0 spiro atoms. The highest BCUT2D eigenvalue weighted by atomic mass is 19.4. The molecule has 2 atom stereocenters. The maximum Gasteiger partial charge on any atom is 0.401 e. The summed E-state index contributed by atoms with van der Waals surface area (Å²) < 4.78 is 37.8. The fourth-order valence-corrected chi connectivity index (χ4v) is 3.28. The molecule has 0 radical (unpaired) electrons. The van der Waals surface area contributed by atoms with Gasteiger partial charge in [0.1, 0.15) is 5.54 Å². The van der Waals surface area contributed by atoms with Crippen molar-refractivity contribution in [2.45, 2.75) is 64.2 Å². The molecule has 0 aromatic rings. The van der Waals surface area contributed by atoms with E-state index in [1.807, 2.05) is 6.92 Å². The maximum atomic E-state index is 12.6. The van der Waals surface area contributed by atoms with E-state index < -0.39 is 18.3 Å². The molecule has 122 valence electrons. The number of alkyl halides is 3. The van der Waals surface area contributed by atoms with E-state index >= 15 is 0 Å². The molecular formula is C15H26F3N3. The third-order valence-electron chi connectivity index (χ3n) is 4.39. The number of rotatable bonds is 7. The van der Waals surface area contributed by atoms with Crippen LogP contribution in [0.5, 0.6) is 0 Å². The van der Waals surface area contributed by atoms with Gasteiger partial charge in [0.2, 0.25) is 0 Å². The predicted octanol–water partition coefficient (Wildman–Crippen LogP) is 3.32. The fourth-order valence-electron chi connectivity index (χ4n) is 3.28. The fraction of sp³-hybridized carbons (Fsp3) is 0.933. The van der Waals surface area contributed by atoms with E-state index in [2.05, 4.69) is 11.4 Å². The van der Waals surface area contributed by atoms with E-state index in [1.165, 1.54) is 4.90 Å². The molecule has 0 saturated heterocycles. The second-order valence-corrected chi connectivity index (χ2v) is 6.17. The van der Waals surface area contributed by atoms with Crippen molar-refractivity contribution in [2.75, 3.05) is 19.6 Å². The monoisotopic (exact) mass is 305 g/mol. The third-order valence-corrected chi connectivity index (χ3v) is 4.39. The lowest BCUT2D eigenvalue weighted by Gasteiger charge is -2.33. The Morgan fingerprint density at radius 1 is 1.43 bits per heavy atom. The van der Waals surface area contributed by atoms with Crippen LogP contribution >= 0.6 is 0 Å². The lowest BCUT2D eigenvalue weighted by Crippen LogP contribution is -2.48. The molecule has 0 aliphatic heterocycles. The van der Waals surface area contributed by atoms with Gasteiger partial charge < -0.3 is 0 Å².